The maximum absolute atomic E-state index is 12.7. The van der Waals surface area contributed by atoms with Gasteiger partial charge in [0.2, 0.25) is 5.89 Å². The molecule has 8 heteroatoms. The van der Waals surface area contributed by atoms with Crippen molar-refractivity contribution in [3.05, 3.63) is 77.5 Å². The summed E-state index contributed by atoms with van der Waals surface area (Å²) >= 11 is 0. The minimum atomic E-state index is -4.49. The van der Waals surface area contributed by atoms with Crippen molar-refractivity contribution in [3.63, 3.8) is 0 Å². The Morgan fingerprint density at radius 2 is 1.80 bits per heavy atom. The van der Waals surface area contributed by atoms with Gasteiger partial charge in [-0.05, 0) is 23.8 Å². The van der Waals surface area contributed by atoms with E-state index in [0.717, 1.165) is 17.7 Å². The van der Waals surface area contributed by atoms with Gasteiger partial charge in [-0.3, -0.25) is 4.79 Å². The molecule has 0 spiro atoms. The lowest BCUT2D eigenvalue weighted by Gasteiger charge is -2.08. The van der Waals surface area contributed by atoms with Crippen LogP contribution in [0.5, 0.6) is 0 Å². The molecule has 0 bridgehead atoms. The summed E-state index contributed by atoms with van der Waals surface area (Å²) in [4.78, 5) is 12.1. The Morgan fingerprint density at radius 1 is 1.04 bits per heavy atom. The average molecular weight is 347 g/mol. The third-order valence-corrected chi connectivity index (χ3v) is 3.31. The molecule has 0 radical (unpaired) electrons. The molecule has 0 aliphatic carbocycles. The summed E-state index contributed by atoms with van der Waals surface area (Å²) in [6.45, 7) is 0. The van der Waals surface area contributed by atoms with E-state index in [4.69, 9.17) is 4.42 Å². The zero-order valence-electron chi connectivity index (χ0n) is 12.7. The Hall–Kier alpha value is -3.16. The highest BCUT2D eigenvalue weighted by molar-refractivity contribution is 6.00. The molecule has 1 N–H and O–H groups in total. The van der Waals surface area contributed by atoms with Crippen LogP contribution in [-0.4, -0.2) is 16.1 Å². The molecular weight excluding hydrogens is 335 g/mol. The number of nitrogens with one attached hydrogen (secondary N) is 1. The van der Waals surface area contributed by atoms with Crippen molar-refractivity contribution in [2.45, 2.75) is 12.6 Å². The number of amides is 1. The van der Waals surface area contributed by atoms with Crippen LogP contribution in [0.1, 0.15) is 27.7 Å². The topological polar surface area (TPSA) is 68.0 Å². The minimum absolute atomic E-state index is 0.0114. The zero-order chi connectivity index (χ0) is 17.9. The first-order chi connectivity index (χ1) is 11.9. The van der Waals surface area contributed by atoms with Gasteiger partial charge < -0.3 is 9.73 Å². The number of aromatic nitrogens is 2. The summed E-state index contributed by atoms with van der Waals surface area (Å²) in [5.41, 5.74) is 0.0548. The number of rotatable bonds is 4. The zero-order valence-corrected chi connectivity index (χ0v) is 12.7. The van der Waals surface area contributed by atoms with Crippen molar-refractivity contribution in [1.29, 1.82) is 0 Å². The molecule has 128 valence electrons. The third-order valence-electron chi connectivity index (χ3n) is 3.31. The van der Waals surface area contributed by atoms with Crippen LogP contribution in [0.25, 0.3) is 0 Å². The summed E-state index contributed by atoms with van der Waals surface area (Å²) < 4.78 is 43.3. The smallest absolute Gasteiger partial charge is 0.416 e. The van der Waals surface area contributed by atoms with Crippen LogP contribution in [0.3, 0.4) is 0 Å². The van der Waals surface area contributed by atoms with Crippen LogP contribution in [-0.2, 0) is 12.6 Å². The van der Waals surface area contributed by atoms with Crippen LogP contribution in [0.2, 0.25) is 0 Å². The molecule has 5 nitrogen and oxygen atoms in total. The van der Waals surface area contributed by atoms with Crippen LogP contribution in [0.4, 0.5) is 18.9 Å². The van der Waals surface area contributed by atoms with Gasteiger partial charge in [0.05, 0.1) is 12.0 Å². The summed E-state index contributed by atoms with van der Waals surface area (Å²) in [5.74, 6) is -0.852. The van der Waals surface area contributed by atoms with Crippen LogP contribution >= 0.6 is 0 Å². The van der Waals surface area contributed by atoms with Gasteiger partial charge in [0.1, 0.15) is 0 Å². The molecule has 0 atom stereocenters. The molecule has 2 aromatic carbocycles. The minimum Gasteiger partial charge on any atom is -0.417 e. The summed E-state index contributed by atoms with van der Waals surface area (Å²) in [7, 11) is 0. The highest BCUT2D eigenvalue weighted by atomic mass is 19.4. The molecule has 3 rings (SSSR count). The van der Waals surface area contributed by atoms with Gasteiger partial charge in [-0.1, -0.05) is 36.4 Å². The summed E-state index contributed by atoms with van der Waals surface area (Å²) in [6, 6.07) is 13.6. The van der Waals surface area contributed by atoms with Crippen LogP contribution in [0, 0.1) is 0 Å². The second-order valence-corrected chi connectivity index (χ2v) is 5.20. The van der Waals surface area contributed by atoms with Gasteiger partial charge in [-0.15, -0.1) is 10.2 Å². The van der Waals surface area contributed by atoms with Gasteiger partial charge in [0, 0.05) is 5.69 Å². The highest BCUT2D eigenvalue weighted by Crippen LogP contribution is 2.30. The fraction of sp³-hybridized carbons (Fsp3) is 0.118. The number of halogens is 3. The third kappa shape index (κ3) is 4.23. The number of carbonyl (C=O) groups is 1. The standard InChI is InChI=1S/C17H12F3N3O2/c18-17(19,20)12-7-4-8-13(10-12)21-15(24)16-23-22-14(25-16)9-11-5-2-1-3-6-11/h1-8,10H,9H2,(H,21,24). The largest absolute Gasteiger partial charge is 0.417 e. The van der Waals surface area contributed by atoms with Crippen molar-refractivity contribution < 1.29 is 22.4 Å². The second kappa shape index (κ2) is 6.76. The molecule has 0 fully saturated rings. The Labute approximate surface area is 140 Å². The molecule has 0 unspecified atom stereocenters. The van der Waals surface area contributed by atoms with Crippen molar-refractivity contribution in [1.82, 2.24) is 10.2 Å². The van der Waals surface area contributed by atoms with Crippen LogP contribution < -0.4 is 5.32 Å². The van der Waals surface area contributed by atoms with Crippen molar-refractivity contribution in [3.8, 4) is 0 Å². The first-order valence-corrected chi connectivity index (χ1v) is 7.27. The van der Waals surface area contributed by atoms with E-state index in [1.54, 1.807) is 0 Å². The summed E-state index contributed by atoms with van der Waals surface area (Å²) in [5, 5.41) is 9.71. The molecule has 25 heavy (non-hydrogen) atoms. The van der Waals surface area contributed by atoms with Gasteiger partial charge in [0.15, 0.2) is 0 Å². The van der Waals surface area contributed by atoms with Crippen molar-refractivity contribution >= 4 is 11.6 Å². The number of alkyl halides is 3. The fourth-order valence-corrected chi connectivity index (χ4v) is 2.15. The number of benzene rings is 2. The Bertz CT molecular complexity index is 876. The highest BCUT2D eigenvalue weighted by Gasteiger charge is 2.30. The van der Waals surface area contributed by atoms with E-state index in [9.17, 15) is 18.0 Å². The molecule has 1 heterocycles. The van der Waals surface area contributed by atoms with E-state index < -0.39 is 17.6 Å². The molecule has 1 amide bonds. The van der Waals surface area contributed by atoms with Gasteiger partial charge in [0.25, 0.3) is 0 Å². The molecule has 0 saturated carbocycles. The second-order valence-electron chi connectivity index (χ2n) is 5.20. The first-order valence-electron chi connectivity index (χ1n) is 7.27. The van der Waals surface area contributed by atoms with E-state index >= 15 is 0 Å². The molecule has 1 aromatic heterocycles. The average Bonchev–Trinajstić information content (AvgIpc) is 3.04. The monoisotopic (exact) mass is 347 g/mol. The number of hydrogen-bond acceptors (Lipinski definition) is 4. The van der Waals surface area contributed by atoms with Gasteiger partial charge >= 0.3 is 18.0 Å². The Balaban J connectivity index is 1.70. The normalized spacial score (nSPS) is 11.3. The van der Waals surface area contributed by atoms with Crippen molar-refractivity contribution in [2.75, 3.05) is 5.32 Å². The lowest BCUT2D eigenvalue weighted by atomic mass is 10.2. The van der Waals surface area contributed by atoms with E-state index in [1.165, 1.54) is 12.1 Å². The maximum Gasteiger partial charge on any atom is 0.416 e. The molecule has 0 aliphatic rings. The lowest BCUT2D eigenvalue weighted by molar-refractivity contribution is -0.137. The quantitative estimate of drug-likeness (QED) is 0.776. The molecule has 3 aromatic rings. The summed E-state index contributed by atoms with van der Waals surface area (Å²) in [6.07, 6.45) is -4.14. The SMILES string of the molecule is O=C(Nc1cccc(C(F)(F)F)c1)c1nnc(Cc2ccccc2)o1. The predicted molar refractivity (Wildman–Crippen MR) is 82.9 cm³/mol. The molecular formula is C17H12F3N3O2. The van der Waals surface area contributed by atoms with Crippen LogP contribution in [0.15, 0.2) is 59.0 Å². The first kappa shape index (κ1) is 16.7. The van der Waals surface area contributed by atoms with E-state index in [-0.39, 0.29) is 17.5 Å². The van der Waals surface area contributed by atoms with Gasteiger partial charge in [-0.2, -0.15) is 13.2 Å². The number of nitrogens with zero attached hydrogens (tertiary/aromatic N) is 2. The predicted octanol–water partition coefficient (Wildman–Crippen LogP) is 3.93. The molecule has 0 aliphatic heterocycles. The van der Waals surface area contributed by atoms with Gasteiger partial charge in [-0.25, -0.2) is 0 Å². The van der Waals surface area contributed by atoms with E-state index in [0.29, 0.717) is 6.42 Å². The number of hydrogen-bond donors (Lipinski definition) is 1. The molecule has 0 saturated heterocycles. The van der Waals surface area contributed by atoms with Crippen molar-refractivity contribution in [2.24, 2.45) is 0 Å². The fourth-order valence-electron chi connectivity index (χ4n) is 2.15. The Kier molecular flexibility index (Phi) is 4.51. The number of anilines is 1. The van der Waals surface area contributed by atoms with E-state index in [2.05, 4.69) is 15.5 Å². The number of carbonyl (C=O) groups excluding carboxylic acids is 1. The van der Waals surface area contributed by atoms with E-state index in [1.807, 2.05) is 30.3 Å². The Morgan fingerprint density at radius 3 is 2.52 bits per heavy atom. The maximum atomic E-state index is 12.7. The lowest BCUT2D eigenvalue weighted by Crippen LogP contribution is -2.13.